The van der Waals surface area contributed by atoms with E-state index in [4.69, 9.17) is 9.94 Å². The van der Waals surface area contributed by atoms with Crippen LogP contribution in [-0.2, 0) is 14.3 Å². The van der Waals surface area contributed by atoms with Crippen LogP contribution in [0.1, 0.15) is 51.9 Å². The molecule has 1 amide bonds. The molecule has 2 fully saturated rings. The number of ether oxygens (including phenoxy) is 1. The van der Waals surface area contributed by atoms with Crippen molar-refractivity contribution in [2.24, 2.45) is 17.3 Å². The first-order valence-electron chi connectivity index (χ1n) is 7.63. The fourth-order valence-corrected chi connectivity index (χ4v) is 3.61. The molecule has 0 bridgehead atoms. The zero-order chi connectivity index (χ0) is 14.6. The Morgan fingerprint density at radius 3 is 2.60 bits per heavy atom. The highest BCUT2D eigenvalue weighted by atomic mass is 16.5. The van der Waals surface area contributed by atoms with Gasteiger partial charge in [0.05, 0.1) is 13.2 Å². The summed E-state index contributed by atoms with van der Waals surface area (Å²) in [6, 6.07) is 0. The van der Waals surface area contributed by atoms with Gasteiger partial charge >= 0.3 is 0 Å². The number of Topliss-reactive ketones (excluding diaryl/α,β-unsaturated/α-hetero) is 1. The summed E-state index contributed by atoms with van der Waals surface area (Å²) in [5.74, 6) is -0.296. The minimum atomic E-state index is -0.347. The molecule has 0 radical (unpaired) electrons. The number of rotatable bonds is 7. The van der Waals surface area contributed by atoms with Gasteiger partial charge < -0.3 is 4.74 Å². The molecule has 1 spiro atoms. The van der Waals surface area contributed by atoms with Crippen molar-refractivity contribution in [1.29, 1.82) is 0 Å². The van der Waals surface area contributed by atoms with E-state index < -0.39 is 0 Å². The Kier molecular flexibility index (Phi) is 5.16. The lowest BCUT2D eigenvalue weighted by Crippen LogP contribution is -2.41. The van der Waals surface area contributed by atoms with E-state index in [1.807, 2.05) is 0 Å². The zero-order valence-electron chi connectivity index (χ0n) is 12.2. The van der Waals surface area contributed by atoms with Crippen LogP contribution in [0, 0.1) is 17.3 Å². The Balaban J connectivity index is 1.90. The van der Waals surface area contributed by atoms with E-state index in [-0.39, 0.29) is 28.9 Å². The van der Waals surface area contributed by atoms with Crippen molar-refractivity contribution in [2.75, 3.05) is 13.2 Å². The fourth-order valence-electron chi connectivity index (χ4n) is 3.61. The predicted octanol–water partition coefficient (Wildman–Crippen LogP) is 2.07. The maximum Gasteiger partial charge on any atom is 0.246 e. The van der Waals surface area contributed by atoms with Gasteiger partial charge in [-0.3, -0.25) is 14.8 Å². The standard InChI is InChI=1S/C15H25NO4/c1-2-3-4-5-12(17)6-11-7-15(9-20-10-15)8-13(11)14(18)16-19/h11,13,19H,2-10H2,1H3,(H,16,18). The first kappa shape index (κ1) is 15.4. The molecular weight excluding hydrogens is 258 g/mol. The van der Waals surface area contributed by atoms with Crippen LogP contribution in [0.5, 0.6) is 0 Å². The molecule has 2 unspecified atom stereocenters. The molecule has 2 aliphatic rings. The summed E-state index contributed by atoms with van der Waals surface area (Å²) in [6.45, 7) is 3.48. The Bertz CT molecular complexity index is 365. The van der Waals surface area contributed by atoms with Crippen LogP contribution in [0.4, 0.5) is 0 Å². The number of hydroxylamine groups is 1. The minimum absolute atomic E-state index is 0.0557. The van der Waals surface area contributed by atoms with Gasteiger partial charge in [0.1, 0.15) is 5.78 Å². The molecule has 0 aromatic carbocycles. The third-order valence-corrected chi connectivity index (χ3v) is 4.73. The van der Waals surface area contributed by atoms with Crippen molar-refractivity contribution >= 4 is 11.7 Å². The second kappa shape index (κ2) is 6.68. The van der Waals surface area contributed by atoms with Crippen LogP contribution in [0.2, 0.25) is 0 Å². The van der Waals surface area contributed by atoms with Crippen LogP contribution in [0.25, 0.3) is 0 Å². The van der Waals surface area contributed by atoms with Crippen molar-refractivity contribution in [3.8, 4) is 0 Å². The van der Waals surface area contributed by atoms with Gasteiger partial charge in [0.15, 0.2) is 0 Å². The highest BCUT2D eigenvalue weighted by molar-refractivity contribution is 5.82. The van der Waals surface area contributed by atoms with Gasteiger partial charge in [-0.05, 0) is 25.2 Å². The first-order valence-corrected chi connectivity index (χ1v) is 7.63. The van der Waals surface area contributed by atoms with E-state index in [1.165, 1.54) is 0 Å². The maximum absolute atomic E-state index is 12.0. The number of carbonyl (C=O) groups is 2. The number of carbonyl (C=O) groups excluding carboxylic acids is 2. The molecule has 0 aromatic heterocycles. The van der Waals surface area contributed by atoms with Gasteiger partial charge in [-0.2, -0.15) is 0 Å². The van der Waals surface area contributed by atoms with E-state index in [2.05, 4.69) is 6.92 Å². The Hall–Kier alpha value is -0.940. The van der Waals surface area contributed by atoms with Gasteiger partial charge in [0.25, 0.3) is 0 Å². The number of ketones is 1. The van der Waals surface area contributed by atoms with Crippen molar-refractivity contribution in [3.63, 3.8) is 0 Å². The summed E-state index contributed by atoms with van der Waals surface area (Å²) < 4.78 is 5.28. The molecule has 2 atom stereocenters. The summed E-state index contributed by atoms with van der Waals surface area (Å²) in [7, 11) is 0. The molecule has 114 valence electrons. The van der Waals surface area contributed by atoms with Crippen molar-refractivity contribution < 1.29 is 19.5 Å². The van der Waals surface area contributed by atoms with Crippen LogP contribution >= 0.6 is 0 Å². The van der Waals surface area contributed by atoms with E-state index in [0.29, 0.717) is 26.1 Å². The molecule has 20 heavy (non-hydrogen) atoms. The highest BCUT2D eigenvalue weighted by Gasteiger charge is 2.52. The summed E-state index contributed by atoms with van der Waals surface area (Å²) in [6.07, 6.45) is 5.79. The average molecular weight is 283 g/mol. The largest absolute Gasteiger partial charge is 0.380 e. The van der Waals surface area contributed by atoms with Gasteiger partial charge in [-0.15, -0.1) is 0 Å². The molecule has 2 rings (SSSR count). The van der Waals surface area contributed by atoms with Gasteiger partial charge in [0.2, 0.25) is 5.91 Å². The maximum atomic E-state index is 12.0. The molecule has 1 aliphatic heterocycles. The fraction of sp³-hybridized carbons (Fsp3) is 0.867. The van der Waals surface area contributed by atoms with E-state index >= 15 is 0 Å². The number of unbranched alkanes of at least 4 members (excludes halogenated alkanes) is 2. The van der Waals surface area contributed by atoms with Crippen molar-refractivity contribution in [1.82, 2.24) is 5.48 Å². The summed E-state index contributed by atoms with van der Waals surface area (Å²) in [4.78, 5) is 23.8. The van der Waals surface area contributed by atoms with E-state index in [1.54, 1.807) is 5.48 Å². The number of hydrogen-bond acceptors (Lipinski definition) is 4. The second-order valence-corrected chi connectivity index (χ2v) is 6.44. The molecule has 2 N–H and O–H groups in total. The normalized spacial score (nSPS) is 27.3. The second-order valence-electron chi connectivity index (χ2n) is 6.44. The lowest BCUT2D eigenvalue weighted by atomic mass is 9.83. The molecule has 1 saturated carbocycles. The van der Waals surface area contributed by atoms with Gasteiger partial charge in [-0.25, -0.2) is 5.48 Å². The highest BCUT2D eigenvalue weighted by Crippen LogP contribution is 2.51. The Morgan fingerprint density at radius 1 is 1.30 bits per heavy atom. The van der Waals surface area contributed by atoms with Crippen molar-refractivity contribution in [3.05, 3.63) is 0 Å². The third kappa shape index (κ3) is 3.38. The Morgan fingerprint density at radius 2 is 2.05 bits per heavy atom. The average Bonchev–Trinajstić information content (AvgIpc) is 2.78. The first-order chi connectivity index (χ1) is 9.60. The van der Waals surface area contributed by atoms with E-state index in [0.717, 1.165) is 32.1 Å². The molecule has 0 aromatic rings. The van der Waals surface area contributed by atoms with Crippen LogP contribution in [0.3, 0.4) is 0 Å². The topological polar surface area (TPSA) is 75.6 Å². The molecule has 1 saturated heterocycles. The van der Waals surface area contributed by atoms with Gasteiger partial charge in [-0.1, -0.05) is 19.8 Å². The zero-order valence-corrected chi connectivity index (χ0v) is 12.2. The third-order valence-electron chi connectivity index (χ3n) is 4.73. The summed E-state index contributed by atoms with van der Waals surface area (Å²) in [5, 5.41) is 8.87. The number of nitrogens with one attached hydrogen (secondary N) is 1. The molecule has 5 nitrogen and oxygen atoms in total. The molecule has 5 heteroatoms. The van der Waals surface area contributed by atoms with Gasteiger partial charge in [0, 0.05) is 24.2 Å². The smallest absolute Gasteiger partial charge is 0.246 e. The molecule has 1 heterocycles. The van der Waals surface area contributed by atoms with Crippen LogP contribution in [-0.4, -0.2) is 30.1 Å². The summed E-state index contributed by atoms with van der Waals surface area (Å²) in [5.41, 5.74) is 1.83. The summed E-state index contributed by atoms with van der Waals surface area (Å²) >= 11 is 0. The molecular formula is C15H25NO4. The van der Waals surface area contributed by atoms with E-state index in [9.17, 15) is 9.59 Å². The predicted molar refractivity (Wildman–Crippen MR) is 73.2 cm³/mol. The quantitative estimate of drug-likeness (QED) is 0.426. The minimum Gasteiger partial charge on any atom is -0.380 e. The number of hydrogen-bond donors (Lipinski definition) is 2. The van der Waals surface area contributed by atoms with Crippen LogP contribution in [0.15, 0.2) is 0 Å². The lowest BCUT2D eigenvalue weighted by Gasteiger charge is -2.38. The van der Waals surface area contributed by atoms with Crippen LogP contribution < -0.4 is 5.48 Å². The lowest BCUT2D eigenvalue weighted by molar-refractivity contribution is -0.137. The molecule has 1 aliphatic carbocycles. The Labute approximate surface area is 120 Å². The monoisotopic (exact) mass is 283 g/mol. The number of amides is 1. The van der Waals surface area contributed by atoms with Crippen molar-refractivity contribution in [2.45, 2.75) is 51.9 Å². The SMILES string of the molecule is CCCCCC(=O)CC1CC2(COC2)CC1C(=O)NO.